The van der Waals surface area contributed by atoms with Crippen LogP contribution in [0.1, 0.15) is 39.0 Å². The van der Waals surface area contributed by atoms with Gasteiger partial charge in [-0.1, -0.05) is 6.92 Å². The molecule has 1 rings (SSSR count). The zero-order chi connectivity index (χ0) is 16.4. The summed E-state index contributed by atoms with van der Waals surface area (Å²) in [5, 5.41) is 2.81. The standard InChI is InChI=1S/C16H31N3O3/c1-4-9-17-15(20)5-6-16(21)19(12-13-22-3)14-7-10-18(2)11-8-14/h14H,4-13H2,1-3H3,(H,17,20). The molecule has 1 fully saturated rings. The van der Waals surface area contributed by atoms with Gasteiger partial charge in [-0.2, -0.15) is 0 Å². The normalized spacial score (nSPS) is 16.5. The molecule has 1 N–H and O–H groups in total. The average molecular weight is 313 g/mol. The number of ether oxygens (including phenoxy) is 1. The summed E-state index contributed by atoms with van der Waals surface area (Å²) < 4.78 is 5.13. The first-order chi connectivity index (χ1) is 10.6. The Morgan fingerprint density at radius 3 is 2.55 bits per heavy atom. The van der Waals surface area contributed by atoms with E-state index in [1.807, 2.05) is 11.8 Å². The lowest BCUT2D eigenvalue weighted by Gasteiger charge is -2.37. The quantitative estimate of drug-likeness (QED) is 0.686. The fourth-order valence-corrected chi connectivity index (χ4v) is 2.72. The van der Waals surface area contributed by atoms with Gasteiger partial charge in [0.1, 0.15) is 0 Å². The van der Waals surface area contributed by atoms with Crippen molar-refractivity contribution in [1.82, 2.24) is 15.1 Å². The summed E-state index contributed by atoms with van der Waals surface area (Å²) >= 11 is 0. The number of amides is 2. The molecule has 6 heteroatoms. The van der Waals surface area contributed by atoms with E-state index in [0.717, 1.165) is 32.4 Å². The number of rotatable bonds is 9. The topological polar surface area (TPSA) is 61.9 Å². The summed E-state index contributed by atoms with van der Waals surface area (Å²) in [5.41, 5.74) is 0. The zero-order valence-corrected chi connectivity index (χ0v) is 14.3. The number of nitrogens with one attached hydrogen (secondary N) is 1. The minimum atomic E-state index is -0.0368. The van der Waals surface area contributed by atoms with Gasteiger partial charge in [0.2, 0.25) is 11.8 Å². The minimum Gasteiger partial charge on any atom is -0.383 e. The van der Waals surface area contributed by atoms with Crippen molar-refractivity contribution in [1.29, 1.82) is 0 Å². The smallest absolute Gasteiger partial charge is 0.223 e. The fraction of sp³-hybridized carbons (Fsp3) is 0.875. The summed E-state index contributed by atoms with van der Waals surface area (Å²) in [6.07, 6.45) is 3.46. The maximum Gasteiger partial charge on any atom is 0.223 e. The Bertz CT molecular complexity index is 342. The monoisotopic (exact) mass is 313 g/mol. The van der Waals surface area contributed by atoms with Crippen LogP contribution in [0.25, 0.3) is 0 Å². The van der Waals surface area contributed by atoms with E-state index in [-0.39, 0.29) is 30.7 Å². The van der Waals surface area contributed by atoms with Crippen molar-refractivity contribution in [3.63, 3.8) is 0 Å². The number of hydrogen-bond donors (Lipinski definition) is 1. The number of carbonyl (C=O) groups is 2. The molecule has 0 aromatic heterocycles. The molecular weight excluding hydrogens is 282 g/mol. The molecule has 0 aromatic carbocycles. The van der Waals surface area contributed by atoms with Crippen molar-refractivity contribution in [2.24, 2.45) is 0 Å². The highest BCUT2D eigenvalue weighted by Crippen LogP contribution is 2.17. The van der Waals surface area contributed by atoms with Crippen molar-refractivity contribution in [3.05, 3.63) is 0 Å². The Hall–Kier alpha value is -1.14. The first-order valence-electron chi connectivity index (χ1n) is 8.32. The van der Waals surface area contributed by atoms with E-state index in [4.69, 9.17) is 4.74 Å². The van der Waals surface area contributed by atoms with Crippen LogP contribution < -0.4 is 5.32 Å². The number of carbonyl (C=O) groups excluding carboxylic acids is 2. The highest BCUT2D eigenvalue weighted by Gasteiger charge is 2.26. The predicted octanol–water partition coefficient (Wildman–Crippen LogP) is 0.862. The highest BCUT2D eigenvalue weighted by molar-refractivity contribution is 5.83. The lowest BCUT2D eigenvalue weighted by Crippen LogP contribution is -2.48. The van der Waals surface area contributed by atoms with E-state index < -0.39 is 0 Å². The molecule has 0 saturated carbocycles. The number of nitrogens with zero attached hydrogens (tertiary/aromatic N) is 2. The summed E-state index contributed by atoms with van der Waals surface area (Å²) in [6.45, 7) is 5.87. The molecule has 6 nitrogen and oxygen atoms in total. The zero-order valence-electron chi connectivity index (χ0n) is 14.3. The second-order valence-corrected chi connectivity index (χ2v) is 5.96. The third-order valence-corrected chi connectivity index (χ3v) is 4.12. The van der Waals surface area contributed by atoms with Crippen molar-refractivity contribution >= 4 is 11.8 Å². The maximum absolute atomic E-state index is 12.5. The first kappa shape index (κ1) is 18.9. The molecule has 0 unspecified atom stereocenters. The molecule has 0 aromatic rings. The van der Waals surface area contributed by atoms with Gasteiger partial charge in [0, 0.05) is 39.1 Å². The Balaban J connectivity index is 2.47. The van der Waals surface area contributed by atoms with Gasteiger partial charge >= 0.3 is 0 Å². The van der Waals surface area contributed by atoms with Gasteiger partial charge in [-0.3, -0.25) is 9.59 Å². The molecule has 0 bridgehead atoms. The predicted molar refractivity (Wildman–Crippen MR) is 86.6 cm³/mol. The van der Waals surface area contributed by atoms with Crippen LogP contribution >= 0.6 is 0 Å². The van der Waals surface area contributed by atoms with Crippen molar-refractivity contribution in [2.75, 3.05) is 46.9 Å². The third kappa shape index (κ3) is 6.75. The second kappa shape index (κ2) is 10.6. The number of likely N-dealkylation sites (tertiary alicyclic amines) is 1. The van der Waals surface area contributed by atoms with Gasteiger partial charge < -0.3 is 19.9 Å². The summed E-state index contributed by atoms with van der Waals surface area (Å²) in [6, 6.07) is 0.276. The lowest BCUT2D eigenvalue weighted by molar-refractivity contribution is -0.137. The van der Waals surface area contributed by atoms with Crippen molar-refractivity contribution in [3.8, 4) is 0 Å². The minimum absolute atomic E-state index is 0.0368. The van der Waals surface area contributed by atoms with E-state index in [1.54, 1.807) is 7.11 Å². The Kier molecular flexibility index (Phi) is 9.08. The average Bonchev–Trinajstić information content (AvgIpc) is 2.52. The van der Waals surface area contributed by atoms with Gasteiger partial charge in [0.25, 0.3) is 0 Å². The SMILES string of the molecule is CCCNC(=O)CCC(=O)N(CCOC)C1CCN(C)CC1. The Morgan fingerprint density at radius 2 is 1.95 bits per heavy atom. The van der Waals surface area contributed by atoms with Crippen LogP contribution in [0, 0.1) is 0 Å². The fourth-order valence-electron chi connectivity index (χ4n) is 2.72. The van der Waals surface area contributed by atoms with Crippen LogP contribution in [0.4, 0.5) is 0 Å². The van der Waals surface area contributed by atoms with Gasteiger partial charge in [-0.15, -0.1) is 0 Å². The lowest BCUT2D eigenvalue weighted by atomic mass is 10.0. The number of hydrogen-bond acceptors (Lipinski definition) is 4. The van der Waals surface area contributed by atoms with E-state index in [9.17, 15) is 9.59 Å². The highest BCUT2D eigenvalue weighted by atomic mass is 16.5. The summed E-state index contributed by atoms with van der Waals surface area (Å²) in [4.78, 5) is 28.3. The largest absolute Gasteiger partial charge is 0.383 e. The maximum atomic E-state index is 12.5. The molecule has 1 aliphatic rings. The Morgan fingerprint density at radius 1 is 1.27 bits per heavy atom. The van der Waals surface area contributed by atoms with Gasteiger partial charge in [0.05, 0.1) is 6.61 Å². The van der Waals surface area contributed by atoms with Crippen LogP contribution in [0.15, 0.2) is 0 Å². The number of methoxy groups -OCH3 is 1. The van der Waals surface area contributed by atoms with Crippen LogP contribution in [0.2, 0.25) is 0 Å². The number of piperidine rings is 1. The van der Waals surface area contributed by atoms with Crippen LogP contribution in [0.5, 0.6) is 0 Å². The molecule has 1 saturated heterocycles. The third-order valence-electron chi connectivity index (χ3n) is 4.12. The molecule has 0 aliphatic carbocycles. The van der Waals surface area contributed by atoms with E-state index in [1.165, 1.54) is 0 Å². The van der Waals surface area contributed by atoms with Gasteiger partial charge in [-0.25, -0.2) is 0 Å². The van der Waals surface area contributed by atoms with Gasteiger partial charge in [-0.05, 0) is 39.4 Å². The summed E-state index contributed by atoms with van der Waals surface area (Å²) in [5.74, 6) is 0.0310. The van der Waals surface area contributed by atoms with Crippen molar-refractivity contribution < 1.29 is 14.3 Å². The molecule has 1 aliphatic heterocycles. The second-order valence-electron chi connectivity index (χ2n) is 5.96. The van der Waals surface area contributed by atoms with E-state index in [2.05, 4.69) is 17.3 Å². The summed E-state index contributed by atoms with van der Waals surface area (Å²) in [7, 11) is 3.76. The van der Waals surface area contributed by atoms with E-state index in [0.29, 0.717) is 19.7 Å². The molecule has 128 valence electrons. The molecule has 0 spiro atoms. The first-order valence-corrected chi connectivity index (χ1v) is 8.32. The molecule has 1 heterocycles. The van der Waals surface area contributed by atoms with Crippen molar-refractivity contribution in [2.45, 2.75) is 45.1 Å². The molecule has 2 amide bonds. The van der Waals surface area contributed by atoms with Crippen LogP contribution in [0.3, 0.4) is 0 Å². The van der Waals surface area contributed by atoms with Crippen LogP contribution in [-0.2, 0) is 14.3 Å². The molecular formula is C16H31N3O3. The molecule has 22 heavy (non-hydrogen) atoms. The van der Waals surface area contributed by atoms with Gasteiger partial charge in [0.15, 0.2) is 0 Å². The van der Waals surface area contributed by atoms with E-state index >= 15 is 0 Å². The van der Waals surface area contributed by atoms with Crippen LogP contribution in [-0.4, -0.2) is 74.6 Å². The molecule has 0 atom stereocenters. The Labute approximate surface area is 134 Å². The molecule has 0 radical (unpaired) electrons.